The van der Waals surface area contributed by atoms with Crippen molar-refractivity contribution in [3.8, 4) is 5.75 Å². The summed E-state index contributed by atoms with van der Waals surface area (Å²) in [7, 11) is 0. The van der Waals surface area contributed by atoms with Gasteiger partial charge in [-0.05, 0) is 49.9 Å². The molecule has 1 aliphatic heterocycles. The number of hydrogen-bond acceptors (Lipinski definition) is 4. The summed E-state index contributed by atoms with van der Waals surface area (Å²) in [6, 6.07) is 7.48. The number of hydrogen-bond donors (Lipinski definition) is 1. The second kappa shape index (κ2) is 7.32. The molecule has 1 aromatic rings. The molecule has 0 spiro atoms. The Kier molecular flexibility index (Phi) is 5.18. The lowest BCUT2D eigenvalue weighted by molar-refractivity contribution is 0.0554. The zero-order chi connectivity index (χ0) is 16.2. The molecule has 1 saturated heterocycles. The van der Waals surface area contributed by atoms with Crippen molar-refractivity contribution in [2.45, 2.75) is 25.9 Å². The minimum atomic E-state index is -0.319. The number of aliphatic hydroxyl groups is 1. The van der Waals surface area contributed by atoms with Crippen LogP contribution in [0.2, 0.25) is 0 Å². The molecule has 23 heavy (non-hydrogen) atoms. The van der Waals surface area contributed by atoms with Gasteiger partial charge in [-0.3, -0.25) is 9.69 Å². The SMILES string of the molecule is C[C@H](O)CN1CCN(C(=O)c2ccc(OCC3CC3)cc2)CC1. The molecule has 3 rings (SSSR count). The van der Waals surface area contributed by atoms with Gasteiger partial charge in [0.2, 0.25) is 0 Å². The van der Waals surface area contributed by atoms with Crippen molar-refractivity contribution in [3.63, 3.8) is 0 Å². The molecule has 5 heteroatoms. The second-order valence-electron chi connectivity index (χ2n) is 6.72. The van der Waals surface area contributed by atoms with E-state index in [2.05, 4.69) is 4.90 Å². The molecule has 1 heterocycles. The van der Waals surface area contributed by atoms with E-state index < -0.39 is 0 Å². The third kappa shape index (κ3) is 4.69. The van der Waals surface area contributed by atoms with Crippen molar-refractivity contribution < 1.29 is 14.6 Å². The maximum Gasteiger partial charge on any atom is 0.253 e. The second-order valence-corrected chi connectivity index (χ2v) is 6.72. The Balaban J connectivity index is 1.49. The molecular weight excluding hydrogens is 292 g/mol. The molecule has 1 N–H and O–H groups in total. The number of β-amino-alcohol motifs (C(OH)–C–C–N with tert-alkyl or cyclic N) is 1. The molecule has 0 bridgehead atoms. The highest BCUT2D eigenvalue weighted by Gasteiger charge is 2.23. The van der Waals surface area contributed by atoms with Crippen molar-refractivity contribution in [2.75, 3.05) is 39.3 Å². The molecule has 1 atom stereocenters. The molecule has 126 valence electrons. The van der Waals surface area contributed by atoms with Crippen LogP contribution in [0.3, 0.4) is 0 Å². The van der Waals surface area contributed by atoms with E-state index in [-0.39, 0.29) is 12.0 Å². The fourth-order valence-corrected chi connectivity index (χ4v) is 2.88. The minimum Gasteiger partial charge on any atom is -0.493 e. The van der Waals surface area contributed by atoms with Gasteiger partial charge in [0.25, 0.3) is 5.91 Å². The monoisotopic (exact) mass is 318 g/mol. The van der Waals surface area contributed by atoms with Crippen LogP contribution in [-0.2, 0) is 0 Å². The number of rotatable bonds is 6. The number of ether oxygens (including phenoxy) is 1. The first kappa shape index (κ1) is 16.3. The molecule has 0 aromatic heterocycles. The molecule has 5 nitrogen and oxygen atoms in total. The topological polar surface area (TPSA) is 53.0 Å². The first-order valence-corrected chi connectivity index (χ1v) is 8.54. The molecule has 1 aliphatic carbocycles. The van der Waals surface area contributed by atoms with Gasteiger partial charge in [0.1, 0.15) is 5.75 Å². The summed E-state index contributed by atoms with van der Waals surface area (Å²) < 4.78 is 5.71. The van der Waals surface area contributed by atoms with Gasteiger partial charge < -0.3 is 14.7 Å². The Morgan fingerprint density at radius 1 is 1.22 bits per heavy atom. The third-order valence-electron chi connectivity index (χ3n) is 4.47. The van der Waals surface area contributed by atoms with Gasteiger partial charge in [0, 0.05) is 38.3 Å². The number of nitrogens with zero attached hydrogens (tertiary/aromatic N) is 2. The Hall–Kier alpha value is -1.59. The Bertz CT molecular complexity index is 518. The summed E-state index contributed by atoms with van der Waals surface area (Å²) in [6.45, 7) is 6.33. The van der Waals surface area contributed by atoms with E-state index in [1.165, 1.54) is 12.8 Å². The Morgan fingerprint density at radius 3 is 2.43 bits per heavy atom. The Labute approximate surface area is 137 Å². The molecule has 0 radical (unpaired) electrons. The standard InChI is InChI=1S/C18H26N2O3/c1-14(21)12-19-8-10-20(11-9-19)18(22)16-4-6-17(7-5-16)23-13-15-2-3-15/h4-7,14-15,21H,2-3,8-13H2,1H3/t14-/m0/s1. The normalized spacial score (nSPS) is 20.3. The quantitative estimate of drug-likeness (QED) is 0.866. The van der Waals surface area contributed by atoms with Crippen molar-refractivity contribution in [1.29, 1.82) is 0 Å². The predicted molar refractivity (Wildman–Crippen MR) is 88.7 cm³/mol. The van der Waals surface area contributed by atoms with E-state index in [1.54, 1.807) is 6.92 Å². The van der Waals surface area contributed by atoms with Crippen LogP contribution in [0.25, 0.3) is 0 Å². The fourth-order valence-electron chi connectivity index (χ4n) is 2.88. The minimum absolute atomic E-state index is 0.0791. The average Bonchev–Trinajstić information content (AvgIpc) is 3.37. The number of piperazine rings is 1. The number of benzene rings is 1. The number of carbonyl (C=O) groups is 1. The van der Waals surface area contributed by atoms with Crippen LogP contribution < -0.4 is 4.74 Å². The number of amides is 1. The van der Waals surface area contributed by atoms with Crippen molar-refractivity contribution >= 4 is 5.91 Å². The van der Waals surface area contributed by atoms with Gasteiger partial charge >= 0.3 is 0 Å². The van der Waals surface area contributed by atoms with E-state index in [0.29, 0.717) is 25.2 Å². The molecule has 2 fully saturated rings. The average molecular weight is 318 g/mol. The van der Waals surface area contributed by atoms with Crippen molar-refractivity contribution in [1.82, 2.24) is 9.80 Å². The van der Waals surface area contributed by atoms with E-state index >= 15 is 0 Å². The first-order chi connectivity index (χ1) is 11.1. The molecule has 0 unspecified atom stereocenters. The van der Waals surface area contributed by atoms with Crippen LogP contribution in [0.15, 0.2) is 24.3 Å². The van der Waals surface area contributed by atoms with Crippen LogP contribution in [-0.4, -0.2) is 66.2 Å². The fraction of sp³-hybridized carbons (Fsp3) is 0.611. The van der Waals surface area contributed by atoms with Gasteiger partial charge in [-0.1, -0.05) is 0 Å². The summed E-state index contributed by atoms with van der Waals surface area (Å²) in [5.41, 5.74) is 0.716. The Morgan fingerprint density at radius 2 is 1.87 bits per heavy atom. The van der Waals surface area contributed by atoms with Crippen LogP contribution in [0, 0.1) is 5.92 Å². The lowest BCUT2D eigenvalue weighted by Crippen LogP contribution is -2.50. The highest BCUT2D eigenvalue weighted by atomic mass is 16.5. The van der Waals surface area contributed by atoms with E-state index in [9.17, 15) is 9.90 Å². The van der Waals surface area contributed by atoms with Gasteiger partial charge in [-0.2, -0.15) is 0 Å². The van der Waals surface area contributed by atoms with Gasteiger partial charge in [0.15, 0.2) is 0 Å². The van der Waals surface area contributed by atoms with Crippen molar-refractivity contribution in [2.24, 2.45) is 5.92 Å². The lowest BCUT2D eigenvalue weighted by atomic mass is 10.1. The maximum absolute atomic E-state index is 12.5. The third-order valence-corrected chi connectivity index (χ3v) is 4.47. The van der Waals surface area contributed by atoms with Gasteiger partial charge in [-0.15, -0.1) is 0 Å². The highest BCUT2D eigenvalue weighted by Crippen LogP contribution is 2.29. The number of carbonyl (C=O) groups excluding carboxylic acids is 1. The van der Waals surface area contributed by atoms with Gasteiger partial charge in [-0.25, -0.2) is 0 Å². The lowest BCUT2D eigenvalue weighted by Gasteiger charge is -2.35. The first-order valence-electron chi connectivity index (χ1n) is 8.54. The maximum atomic E-state index is 12.5. The summed E-state index contributed by atoms with van der Waals surface area (Å²) in [6.07, 6.45) is 2.23. The summed E-state index contributed by atoms with van der Waals surface area (Å²) in [5.74, 6) is 1.65. The largest absolute Gasteiger partial charge is 0.493 e. The van der Waals surface area contributed by atoms with Crippen LogP contribution in [0.1, 0.15) is 30.1 Å². The summed E-state index contributed by atoms with van der Waals surface area (Å²) in [5, 5.41) is 9.43. The molecular formula is C18H26N2O3. The zero-order valence-corrected chi connectivity index (χ0v) is 13.8. The predicted octanol–water partition coefficient (Wildman–Crippen LogP) is 1.61. The number of aliphatic hydroxyl groups excluding tert-OH is 1. The van der Waals surface area contributed by atoms with E-state index in [1.807, 2.05) is 29.2 Å². The zero-order valence-electron chi connectivity index (χ0n) is 13.8. The highest BCUT2D eigenvalue weighted by molar-refractivity contribution is 5.94. The van der Waals surface area contributed by atoms with Crippen LogP contribution >= 0.6 is 0 Å². The summed E-state index contributed by atoms with van der Waals surface area (Å²) >= 11 is 0. The summed E-state index contributed by atoms with van der Waals surface area (Å²) in [4.78, 5) is 16.6. The molecule has 2 aliphatic rings. The van der Waals surface area contributed by atoms with Gasteiger partial charge in [0.05, 0.1) is 12.7 Å². The molecule has 1 aromatic carbocycles. The molecule has 1 amide bonds. The van der Waals surface area contributed by atoms with Crippen LogP contribution in [0.5, 0.6) is 5.75 Å². The van der Waals surface area contributed by atoms with Crippen molar-refractivity contribution in [3.05, 3.63) is 29.8 Å². The molecule has 1 saturated carbocycles. The smallest absolute Gasteiger partial charge is 0.253 e. The van der Waals surface area contributed by atoms with E-state index in [4.69, 9.17) is 4.74 Å². The van der Waals surface area contributed by atoms with Crippen LogP contribution in [0.4, 0.5) is 0 Å². The van der Waals surface area contributed by atoms with E-state index in [0.717, 1.165) is 31.4 Å².